The molecule has 0 bridgehead atoms. The Bertz CT molecular complexity index is 328. The monoisotopic (exact) mass is 221 g/mol. The van der Waals surface area contributed by atoms with Crippen LogP contribution in [0.25, 0.3) is 0 Å². The fourth-order valence-corrected chi connectivity index (χ4v) is 2.06. The van der Waals surface area contributed by atoms with E-state index in [0.29, 0.717) is 5.75 Å². The van der Waals surface area contributed by atoms with Gasteiger partial charge in [-0.2, -0.15) is 0 Å². The second-order valence-corrected chi connectivity index (χ2v) is 4.67. The molecule has 0 saturated carbocycles. The molecule has 3 nitrogen and oxygen atoms in total. The standard InChI is InChI=1S/C13H19NO2/c1-13(7-2-8-16-13)10-14-9-11-3-5-12(15)6-4-11/h3-6,14-15H,2,7-10H2,1H3. The summed E-state index contributed by atoms with van der Waals surface area (Å²) in [6.07, 6.45) is 2.30. The summed E-state index contributed by atoms with van der Waals surface area (Å²) in [5, 5.41) is 12.6. The van der Waals surface area contributed by atoms with Crippen molar-refractivity contribution in [3.63, 3.8) is 0 Å². The average molecular weight is 221 g/mol. The molecule has 2 rings (SSSR count). The summed E-state index contributed by atoms with van der Waals surface area (Å²) in [6, 6.07) is 7.29. The summed E-state index contributed by atoms with van der Waals surface area (Å²) >= 11 is 0. The highest BCUT2D eigenvalue weighted by atomic mass is 16.5. The van der Waals surface area contributed by atoms with Crippen molar-refractivity contribution in [1.29, 1.82) is 0 Å². The van der Waals surface area contributed by atoms with Crippen LogP contribution in [0, 0.1) is 0 Å². The molecule has 1 fully saturated rings. The molecule has 0 aromatic heterocycles. The van der Waals surface area contributed by atoms with Gasteiger partial charge in [0.15, 0.2) is 0 Å². The molecule has 1 aromatic carbocycles. The zero-order valence-electron chi connectivity index (χ0n) is 9.70. The van der Waals surface area contributed by atoms with Crippen LogP contribution >= 0.6 is 0 Å². The van der Waals surface area contributed by atoms with Crippen molar-refractivity contribution in [3.05, 3.63) is 29.8 Å². The van der Waals surface area contributed by atoms with Crippen LogP contribution in [0.5, 0.6) is 5.75 Å². The Kier molecular flexibility index (Phi) is 3.46. The third-order valence-corrected chi connectivity index (χ3v) is 3.06. The van der Waals surface area contributed by atoms with Gasteiger partial charge in [-0.25, -0.2) is 0 Å². The van der Waals surface area contributed by atoms with Crippen LogP contribution in [-0.4, -0.2) is 23.9 Å². The quantitative estimate of drug-likeness (QED) is 0.817. The second kappa shape index (κ2) is 4.85. The van der Waals surface area contributed by atoms with Gasteiger partial charge in [-0.3, -0.25) is 0 Å². The van der Waals surface area contributed by atoms with E-state index in [4.69, 9.17) is 9.84 Å². The Morgan fingerprint density at radius 1 is 1.38 bits per heavy atom. The van der Waals surface area contributed by atoms with Gasteiger partial charge in [0, 0.05) is 19.7 Å². The molecule has 88 valence electrons. The molecule has 0 aliphatic carbocycles. The Balaban J connectivity index is 1.77. The number of rotatable bonds is 4. The number of ether oxygens (including phenoxy) is 1. The topological polar surface area (TPSA) is 41.5 Å². The van der Waals surface area contributed by atoms with Gasteiger partial charge in [-0.15, -0.1) is 0 Å². The van der Waals surface area contributed by atoms with Gasteiger partial charge in [-0.05, 0) is 37.5 Å². The number of hydrogen-bond acceptors (Lipinski definition) is 3. The molecule has 2 N–H and O–H groups in total. The minimum Gasteiger partial charge on any atom is -0.508 e. The third kappa shape index (κ3) is 2.97. The van der Waals surface area contributed by atoms with Crippen LogP contribution < -0.4 is 5.32 Å². The van der Waals surface area contributed by atoms with Gasteiger partial charge in [0.2, 0.25) is 0 Å². The van der Waals surface area contributed by atoms with Crippen LogP contribution in [-0.2, 0) is 11.3 Å². The summed E-state index contributed by atoms with van der Waals surface area (Å²) in [6.45, 7) is 4.74. The van der Waals surface area contributed by atoms with Gasteiger partial charge in [0.1, 0.15) is 5.75 Å². The Hall–Kier alpha value is -1.06. The first-order valence-electron chi connectivity index (χ1n) is 5.81. The van der Waals surface area contributed by atoms with E-state index in [1.807, 2.05) is 12.1 Å². The molecule has 0 radical (unpaired) electrons. The predicted molar refractivity (Wildman–Crippen MR) is 63.4 cm³/mol. The van der Waals surface area contributed by atoms with Crippen LogP contribution in [0.3, 0.4) is 0 Å². The average Bonchev–Trinajstić information content (AvgIpc) is 2.69. The highest BCUT2D eigenvalue weighted by Gasteiger charge is 2.28. The zero-order chi connectivity index (χ0) is 11.4. The first kappa shape index (κ1) is 11.4. The summed E-state index contributed by atoms with van der Waals surface area (Å²) in [5.41, 5.74) is 1.19. The summed E-state index contributed by atoms with van der Waals surface area (Å²) < 4.78 is 5.69. The van der Waals surface area contributed by atoms with Gasteiger partial charge in [0.25, 0.3) is 0 Å². The first-order chi connectivity index (χ1) is 7.68. The Morgan fingerprint density at radius 2 is 2.12 bits per heavy atom. The van der Waals surface area contributed by atoms with Crippen molar-refractivity contribution < 1.29 is 9.84 Å². The van der Waals surface area contributed by atoms with Gasteiger partial charge < -0.3 is 15.2 Å². The fourth-order valence-electron chi connectivity index (χ4n) is 2.06. The lowest BCUT2D eigenvalue weighted by Crippen LogP contribution is -2.36. The van der Waals surface area contributed by atoms with E-state index < -0.39 is 0 Å². The van der Waals surface area contributed by atoms with E-state index in [1.165, 1.54) is 5.56 Å². The number of nitrogens with one attached hydrogen (secondary N) is 1. The fraction of sp³-hybridized carbons (Fsp3) is 0.538. The molecular weight excluding hydrogens is 202 g/mol. The molecule has 1 unspecified atom stereocenters. The zero-order valence-corrected chi connectivity index (χ0v) is 9.70. The lowest BCUT2D eigenvalue weighted by Gasteiger charge is -2.23. The summed E-state index contributed by atoms with van der Waals surface area (Å²) in [7, 11) is 0. The SMILES string of the molecule is CC1(CNCc2ccc(O)cc2)CCCO1. The van der Waals surface area contributed by atoms with Crippen molar-refractivity contribution in [1.82, 2.24) is 5.32 Å². The van der Waals surface area contributed by atoms with E-state index in [1.54, 1.807) is 12.1 Å². The highest BCUT2D eigenvalue weighted by Crippen LogP contribution is 2.24. The van der Waals surface area contributed by atoms with E-state index in [-0.39, 0.29) is 5.60 Å². The number of benzene rings is 1. The second-order valence-electron chi connectivity index (χ2n) is 4.67. The minimum absolute atomic E-state index is 0.0108. The maximum absolute atomic E-state index is 9.16. The molecular formula is C13H19NO2. The minimum atomic E-state index is 0.0108. The molecule has 1 aliphatic rings. The largest absolute Gasteiger partial charge is 0.508 e. The molecule has 1 aliphatic heterocycles. The molecule has 16 heavy (non-hydrogen) atoms. The van der Waals surface area contributed by atoms with E-state index >= 15 is 0 Å². The van der Waals surface area contributed by atoms with Crippen molar-refractivity contribution in [2.75, 3.05) is 13.2 Å². The molecule has 0 spiro atoms. The Labute approximate surface area is 96.4 Å². The van der Waals surface area contributed by atoms with E-state index in [0.717, 1.165) is 32.5 Å². The lowest BCUT2D eigenvalue weighted by molar-refractivity contribution is 0.0207. The molecule has 1 atom stereocenters. The smallest absolute Gasteiger partial charge is 0.115 e. The highest BCUT2D eigenvalue weighted by molar-refractivity contribution is 5.25. The van der Waals surface area contributed by atoms with Crippen molar-refractivity contribution in [2.45, 2.75) is 31.9 Å². The lowest BCUT2D eigenvalue weighted by atomic mass is 10.0. The maximum Gasteiger partial charge on any atom is 0.115 e. The summed E-state index contributed by atoms with van der Waals surface area (Å²) in [4.78, 5) is 0. The third-order valence-electron chi connectivity index (χ3n) is 3.06. The van der Waals surface area contributed by atoms with Gasteiger partial charge in [-0.1, -0.05) is 12.1 Å². The molecule has 3 heteroatoms. The van der Waals surface area contributed by atoms with Gasteiger partial charge in [0.05, 0.1) is 5.60 Å². The normalized spacial score (nSPS) is 24.8. The maximum atomic E-state index is 9.16. The number of phenols is 1. The first-order valence-corrected chi connectivity index (χ1v) is 5.81. The van der Waals surface area contributed by atoms with Crippen LogP contribution in [0.1, 0.15) is 25.3 Å². The number of aromatic hydroxyl groups is 1. The van der Waals surface area contributed by atoms with E-state index in [9.17, 15) is 0 Å². The molecule has 1 saturated heterocycles. The van der Waals surface area contributed by atoms with Crippen molar-refractivity contribution in [2.24, 2.45) is 0 Å². The van der Waals surface area contributed by atoms with Crippen LogP contribution in [0.2, 0.25) is 0 Å². The molecule has 1 heterocycles. The molecule has 1 aromatic rings. The number of phenolic OH excluding ortho intramolecular Hbond substituents is 1. The van der Waals surface area contributed by atoms with Crippen LogP contribution in [0.4, 0.5) is 0 Å². The summed E-state index contributed by atoms with van der Waals surface area (Å²) in [5.74, 6) is 0.315. The van der Waals surface area contributed by atoms with Crippen LogP contribution in [0.15, 0.2) is 24.3 Å². The molecule has 0 amide bonds. The number of hydrogen-bond donors (Lipinski definition) is 2. The van der Waals surface area contributed by atoms with Crippen molar-refractivity contribution >= 4 is 0 Å². The van der Waals surface area contributed by atoms with Crippen molar-refractivity contribution in [3.8, 4) is 5.75 Å². The predicted octanol–water partition coefficient (Wildman–Crippen LogP) is 2.05. The van der Waals surface area contributed by atoms with E-state index in [2.05, 4.69) is 12.2 Å². The van der Waals surface area contributed by atoms with Gasteiger partial charge >= 0.3 is 0 Å². The Morgan fingerprint density at radius 3 is 2.75 bits per heavy atom.